The highest BCUT2D eigenvalue weighted by molar-refractivity contribution is 6.10. The van der Waals surface area contributed by atoms with Gasteiger partial charge in [0, 0.05) is 38.9 Å². The van der Waals surface area contributed by atoms with E-state index in [0.717, 1.165) is 17.1 Å². The van der Waals surface area contributed by atoms with Crippen molar-refractivity contribution in [2.24, 2.45) is 0 Å². The number of benzene rings is 7. The van der Waals surface area contributed by atoms with Gasteiger partial charge >= 0.3 is 0 Å². The van der Waals surface area contributed by atoms with Crippen LogP contribution in [0.4, 0.5) is 17.1 Å². The van der Waals surface area contributed by atoms with Crippen molar-refractivity contribution < 1.29 is 0 Å². The zero-order valence-electron chi connectivity index (χ0n) is 31.0. The van der Waals surface area contributed by atoms with Gasteiger partial charge < -0.3 is 9.47 Å². The van der Waals surface area contributed by atoms with Crippen LogP contribution in [0.25, 0.3) is 55.3 Å². The Balaban J connectivity index is 1.14. The van der Waals surface area contributed by atoms with E-state index in [1.165, 1.54) is 72.0 Å². The van der Waals surface area contributed by atoms with E-state index in [0.29, 0.717) is 0 Å². The normalized spacial score (nSPS) is 14.9. The number of allylic oxidation sites excluding steroid dienone is 5. The van der Waals surface area contributed by atoms with Crippen LogP contribution < -0.4 is 4.90 Å². The molecule has 0 radical (unpaired) electrons. The Morgan fingerprint density at radius 3 is 1.76 bits per heavy atom. The molecule has 0 fully saturated rings. The van der Waals surface area contributed by atoms with Gasteiger partial charge in [0.25, 0.3) is 0 Å². The molecule has 8 aromatic rings. The van der Waals surface area contributed by atoms with Crippen molar-refractivity contribution in [2.45, 2.75) is 26.2 Å². The minimum atomic E-state index is -0.156. The summed E-state index contributed by atoms with van der Waals surface area (Å²) in [5, 5.41) is 2.51. The lowest BCUT2D eigenvalue weighted by molar-refractivity contribution is 0.661. The number of hydrogen-bond acceptors (Lipinski definition) is 1. The van der Waals surface area contributed by atoms with E-state index in [1.807, 2.05) is 6.08 Å². The monoisotopic (exact) mass is 694 g/mol. The SMILES string of the molecule is C=C/C=C1\C(=C/C)c2ccc(N(c3ccc(-c4ccccc4)cc3)c3ccc(-c4ccc5c(c4)c4ccccc4n5-c4ccccc4)cc3)cc2C1(C)C. The van der Waals surface area contributed by atoms with E-state index < -0.39 is 0 Å². The van der Waals surface area contributed by atoms with Crippen LogP contribution in [-0.2, 0) is 5.41 Å². The molecule has 0 amide bonds. The van der Waals surface area contributed by atoms with Crippen molar-refractivity contribution in [1.29, 1.82) is 0 Å². The molecule has 0 saturated carbocycles. The Hall–Kier alpha value is -6.64. The Labute approximate surface area is 318 Å². The third kappa shape index (κ3) is 5.50. The summed E-state index contributed by atoms with van der Waals surface area (Å²) in [6.45, 7) is 10.8. The van der Waals surface area contributed by atoms with Gasteiger partial charge in [-0.1, -0.05) is 142 Å². The van der Waals surface area contributed by atoms with E-state index in [1.54, 1.807) is 0 Å². The van der Waals surface area contributed by atoms with Gasteiger partial charge in [-0.25, -0.2) is 0 Å². The van der Waals surface area contributed by atoms with Gasteiger partial charge in [0.05, 0.1) is 11.0 Å². The molecular weight excluding hydrogens is 653 g/mol. The van der Waals surface area contributed by atoms with Gasteiger partial charge in [0.2, 0.25) is 0 Å². The molecule has 1 aliphatic carbocycles. The third-order valence-electron chi connectivity index (χ3n) is 11.1. The lowest BCUT2D eigenvalue weighted by Gasteiger charge is -2.28. The predicted molar refractivity (Wildman–Crippen MR) is 231 cm³/mol. The van der Waals surface area contributed by atoms with Crippen LogP contribution in [0.1, 0.15) is 31.9 Å². The van der Waals surface area contributed by atoms with Crippen molar-refractivity contribution >= 4 is 44.4 Å². The quantitative estimate of drug-likeness (QED) is 0.161. The molecule has 0 aliphatic heterocycles. The maximum absolute atomic E-state index is 4.03. The summed E-state index contributed by atoms with van der Waals surface area (Å²) in [5.41, 5.74) is 16.8. The topological polar surface area (TPSA) is 8.17 Å². The molecule has 9 rings (SSSR count). The Bertz CT molecular complexity index is 2730. The minimum absolute atomic E-state index is 0.156. The molecule has 0 unspecified atom stereocenters. The van der Waals surface area contributed by atoms with Gasteiger partial charge in [-0.05, 0) is 118 Å². The fourth-order valence-corrected chi connectivity index (χ4v) is 8.47. The molecule has 1 aliphatic rings. The van der Waals surface area contributed by atoms with E-state index in [-0.39, 0.29) is 5.41 Å². The molecular formula is C52H42N2. The largest absolute Gasteiger partial charge is 0.310 e. The average molecular weight is 695 g/mol. The molecule has 1 aromatic heterocycles. The van der Waals surface area contributed by atoms with Crippen molar-refractivity contribution in [3.63, 3.8) is 0 Å². The molecule has 0 saturated heterocycles. The van der Waals surface area contributed by atoms with E-state index >= 15 is 0 Å². The van der Waals surface area contributed by atoms with Gasteiger partial charge in [0.15, 0.2) is 0 Å². The molecule has 0 atom stereocenters. The Morgan fingerprint density at radius 1 is 0.537 bits per heavy atom. The fourth-order valence-electron chi connectivity index (χ4n) is 8.47. The summed E-state index contributed by atoms with van der Waals surface area (Å²) in [6, 6.07) is 61.7. The maximum Gasteiger partial charge on any atom is 0.0541 e. The van der Waals surface area contributed by atoms with Crippen LogP contribution in [0.2, 0.25) is 0 Å². The van der Waals surface area contributed by atoms with Gasteiger partial charge in [0.1, 0.15) is 0 Å². The standard InChI is InChI=1S/C52H42N2/c1-5-15-48-44(6-2)45-32-31-43(35-49(45)52(48,3)4)53(41-27-22-37(23-28-41)36-16-9-7-10-17-36)42-29-24-38(25-30-42)39-26-33-51-47(34-39)46-20-13-14-21-50(46)54(51)40-18-11-8-12-19-40/h5-35H,1H2,2-4H3/b44-6-,48-15+. The summed E-state index contributed by atoms with van der Waals surface area (Å²) in [4.78, 5) is 2.39. The molecule has 2 nitrogen and oxygen atoms in total. The highest BCUT2D eigenvalue weighted by Crippen LogP contribution is 2.51. The van der Waals surface area contributed by atoms with E-state index in [9.17, 15) is 0 Å². The Kier molecular flexibility index (Phi) is 8.24. The lowest BCUT2D eigenvalue weighted by Crippen LogP contribution is -2.16. The molecule has 260 valence electrons. The van der Waals surface area contributed by atoms with Crippen LogP contribution in [0.15, 0.2) is 200 Å². The predicted octanol–water partition coefficient (Wildman–Crippen LogP) is 14.4. The summed E-state index contributed by atoms with van der Waals surface area (Å²) in [6.07, 6.45) is 6.32. The highest BCUT2D eigenvalue weighted by Gasteiger charge is 2.38. The molecule has 7 aromatic carbocycles. The van der Waals surface area contributed by atoms with Crippen molar-refractivity contribution in [3.8, 4) is 27.9 Å². The first-order chi connectivity index (χ1) is 26.5. The average Bonchev–Trinajstić information content (AvgIpc) is 3.66. The van der Waals surface area contributed by atoms with Gasteiger partial charge in [-0.15, -0.1) is 0 Å². The summed E-state index contributed by atoms with van der Waals surface area (Å²) in [7, 11) is 0. The molecule has 54 heavy (non-hydrogen) atoms. The molecule has 2 heteroatoms. The zero-order valence-corrected chi connectivity index (χ0v) is 31.0. The molecule has 0 spiro atoms. The first kappa shape index (κ1) is 33.2. The number of aromatic nitrogens is 1. The molecule has 0 N–H and O–H groups in total. The summed E-state index contributed by atoms with van der Waals surface area (Å²) < 4.78 is 2.37. The van der Waals surface area contributed by atoms with Crippen molar-refractivity contribution in [2.75, 3.05) is 4.90 Å². The second kappa shape index (κ2) is 13.4. The first-order valence-corrected chi connectivity index (χ1v) is 18.8. The van der Waals surface area contributed by atoms with Crippen LogP contribution >= 0.6 is 0 Å². The zero-order chi connectivity index (χ0) is 36.8. The maximum atomic E-state index is 4.03. The minimum Gasteiger partial charge on any atom is -0.310 e. The van der Waals surface area contributed by atoms with Crippen LogP contribution in [0.5, 0.6) is 0 Å². The molecule has 1 heterocycles. The highest BCUT2D eigenvalue weighted by atomic mass is 15.1. The number of para-hydroxylation sites is 2. The smallest absolute Gasteiger partial charge is 0.0541 e. The second-order valence-electron chi connectivity index (χ2n) is 14.6. The summed E-state index contributed by atoms with van der Waals surface area (Å²) >= 11 is 0. The van der Waals surface area contributed by atoms with E-state index in [2.05, 4.69) is 219 Å². The number of anilines is 3. The lowest BCUT2D eigenvalue weighted by atomic mass is 9.81. The number of hydrogen-bond donors (Lipinski definition) is 0. The fraction of sp³-hybridized carbons (Fsp3) is 0.0769. The van der Waals surface area contributed by atoms with Gasteiger partial charge in [-0.2, -0.15) is 0 Å². The number of nitrogens with zero attached hydrogens (tertiary/aromatic N) is 2. The summed E-state index contributed by atoms with van der Waals surface area (Å²) in [5.74, 6) is 0. The van der Waals surface area contributed by atoms with Crippen LogP contribution in [0, 0.1) is 0 Å². The van der Waals surface area contributed by atoms with Crippen LogP contribution in [-0.4, -0.2) is 4.57 Å². The van der Waals surface area contributed by atoms with E-state index in [4.69, 9.17) is 0 Å². The Morgan fingerprint density at radius 2 is 1.09 bits per heavy atom. The molecule has 0 bridgehead atoms. The number of rotatable bonds is 7. The second-order valence-corrected chi connectivity index (χ2v) is 14.6. The number of fused-ring (bicyclic) bond motifs is 4. The third-order valence-corrected chi connectivity index (χ3v) is 11.1. The van der Waals surface area contributed by atoms with Gasteiger partial charge in [-0.3, -0.25) is 0 Å². The van der Waals surface area contributed by atoms with Crippen LogP contribution in [0.3, 0.4) is 0 Å². The first-order valence-electron chi connectivity index (χ1n) is 18.8. The van der Waals surface area contributed by atoms with Crippen molar-refractivity contribution in [3.05, 3.63) is 211 Å². The van der Waals surface area contributed by atoms with Crippen molar-refractivity contribution in [1.82, 2.24) is 4.57 Å².